The molecule has 2 heterocycles. The van der Waals surface area contributed by atoms with Gasteiger partial charge in [-0.2, -0.15) is 0 Å². The Morgan fingerprint density at radius 3 is 2.68 bits per heavy atom. The van der Waals surface area contributed by atoms with Gasteiger partial charge in [0.2, 0.25) is 5.91 Å². The molecule has 0 aliphatic carbocycles. The molecule has 6 nitrogen and oxygen atoms in total. The standard InChI is InChI=1S/C12H14N2O4S/c1-7(13-10(15)9-3-2-4-19-9)11(16)14-5-8(6-14)12(17)18/h2-4,7-8H,5-6H2,1H3,(H,13,15)(H,17,18). The van der Waals surface area contributed by atoms with Gasteiger partial charge < -0.3 is 15.3 Å². The molecular formula is C12H14N2O4S. The number of nitrogens with zero attached hydrogens (tertiary/aromatic N) is 1. The summed E-state index contributed by atoms with van der Waals surface area (Å²) >= 11 is 1.30. The van der Waals surface area contributed by atoms with Crippen molar-refractivity contribution in [3.8, 4) is 0 Å². The lowest BCUT2D eigenvalue weighted by Gasteiger charge is -2.38. The number of aliphatic carboxylic acids is 1. The number of likely N-dealkylation sites (tertiary alicyclic amines) is 1. The number of carbonyl (C=O) groups is 3. The third-order valence-electron chi connectivity index (χ3n) is 3.01. The molecule has 2 amide bonds. The Bertz CT molecular complexity index is 494. The molecular weight excluding hydrogens is 268 g/mol. The highest BCUT2D eigenvalue weighted by atomic mass is 32.1. The van der Waals surface area contributed by atoms with E-state index in [2.05, 4.69) is 5.32 Å². The van der Waals surface area contributed by atoms with Gasteiger partial charge >= 0.3 is 5.97 Å². The van der Waals surface area contributed by atoms with E-state index in [0.29, 0.717) is 4.88 Å². The summed E-state index contributed by atoms with van der Waals surface area (Å²) in [6.45, 7) is 2.03. The molecule has 1 atom stereocenters. The number of rotatable bonds is 4. The van der Waals surface area contributed by atoms with E-state index in [0.717, 1.165) is 0 Å². The van der Waals surface area contributed by atoms with Gasteiger partial charge in [-0.1, -0.05) is 6.07 Å². The molecule has 1 aliphatic rings. The van der Waals surface area contributed by atoms with Crippen molar-refractivity contribution >= 4 is 29.1 Å². The van der Waals surface area contributed by atoms with E-state index in [-0.39, 0.29) is 24.9 Å². The molecule has 2 rings (SSSR count). The molecule has 0 saturated carbocycles. The van der Waals surface area contributed by atoms with E-state index < -0.39 is 17.9 Å². The predicted molar refractivity (Wildman–Crippen MR) is 69.0 cm³/mol. The van der Waals surface area contributed by atoms with E-state index in [1.165, 1.54) is 16.2 Å². The fourth-order valence-electron chi connectivity index (χ4n) is 1.83. The Morgan fingerprint density at radius 2 is 2.16 bits per heavy atom. The number of carboxylic acid groups (broad SMARTS) is 1. The summed E-state index contributed by atoms with van der Waals surface area (Å²) < 4.78 is 0. The first kappa shape index (κ1) is 13.5. The van der Waals surface area contributed by atoms with Crippen LogP contribution in [-0.4, -0.2) is 46.9 Å². The molecule has 102 valence electrons. The fourth-order valence-corrected chi connectivity index (χ4v) is 2.45. The number of amides is 2. The van der Waals surface area contributed by atoms with Crippen molar-refractivity contribution in [3.05, 3.63) is 22.4 Å². The topological polar surface area (TPSA) is 86.7 Å². The van der Waals surface area contributed by atoms with Crippen LogP contribution in [-0.2, 0) is 9.59 Å². The molecule has 7 heteroatoms. The Labute approximate surface area is 114 Å². The molecule has 1 fully saturated rings. The van der Waals surface area contributed by atoms with Gasteiger partial charge in [-0.05, 0) is 18.4 Å². The molecule has 19 heavy (non-hydrogen) atoms. The van der Waals surface area contributed by atoms with E-state index >= 15 is 0 Å². The maximum Gasteiger partial charge on any atom is 0.310 e. The molecule has 1 aromatic rings. The Kier molecular flexibility index (Phi) is 3.84. The Hall–Kier alpha value is -1.89. The summed E-state index contributed by atoms with van der Waals surface area (Å²) in [6.07, 6.45) is 0. The van der Waals surface area contributed by atoms with Crippen molar-refractivity contribution in [1.29, 1.82) is 0 Å². The van der Waals surface area contributed by atoms with Crippen molar-refractivity contribution in [2.45, 2.75) is 13.0 Å². The molecule has 2 N–H and O–H groups in total. The summed E-state index contributed by atoms with van der Waals surface area (Å²) in [4.78, 5) is 36.3. The average molecular weight is 282 g/mol. The normalized spacial score (nSPS) is 16.6. The van der Waals surface area contributed by atoms with Crippen LogP contribution in [0.2, 0.25) is 0 Å². The van der Waals surface area contributed by atoms with Crippen molar-refractivity contribution in [1.82, 2.24) is 10.2 Å². The largest absolute Gasteiger partial charge is 0.481 e. The fraction of sp³-hybridized carbons (Fsp3) is 0.417. The van der Waals surface area contributed by atoms with Crippen LogP contribution >= 0.6 is 11.3 Å². The third kappa shape index (κ3) is 2.93. The van der Waals surface area contributed by atoms with Crippen LogP contribution in [0.1, 0.15) is 16.6 Å². The second-order valence-corrected chi connectivity index (χ2v) is 5.40. The van der Waals surface area contributed by atoms with Crippen LogP contribution in [0.15, 0.2) is 17.5 Å². The van der Waals surface area contributed by atoms with Crippen molar-refractivity contribution in [3.63, 3.8) is 0 Å². The van der Waals surface area contributed by atoms with Crippen LogP contribution in [0.3, 0.4) is 0 Å². The van der Waals surface area contributed by atoms with Crippen LogP contribution in [0.4, 0.5) is 0 Å². The van der Waals surface area contributed by atoms with Crippen molar-refractivity contribution in [2.75, 3.05) is 13.1 Å². The van der Waals surface area contributed by atoms with E-state index in [9.17, 15) is 14.4 Å². The van der Waals surface area contributed by atoms with Crippen LogP contribution in [0.5, 0.6) is 0 Å². The molecule has 0 aromatic carbocycles. The number of hydrogen-bond acceptors (Lipinski definition) is 4. The lowest BCUT2D eigenvalue weighted by Crippen LogP contribution is -2.58. The highest BCUT2D eigenvalue weighted by molar-refractivity contribution is 7.12. The van der Waals surface area contributed by atoms with Crippen LogP contribution < -0.4 is 5.32 Å². The van der Waals surface area contributed by atoms with Gasteiger partial charge in [0.1, 0.15) is 6.04 Å². The molecule has 0 spiro atoms. The van der Waals surface area contributed by atoms with Gasteiger partial charge in [-0.15, -0.1) is 11.3 Å². The predicted octanol–water partition coefficient (Wildman–Crippen LogP) is 0.409. The summed E-state index contributed by atoms with van der Waals surface area (Å²) in [5.41, 5.74) is 0. The maximum atomic E-state index is 11.9. The second-order valence-electron chi connectivity index (χ2n) is 4.45. The average Bonchev–Trinajstić information content (AvgIpc) is 2.79. The number of hydrogen-bond donors (Lipinski definition) is 2. The Balaban J connectivity index is 1.84. The van der Waals surface area contributed by atoms with Gasteiger partial charge in [-0.25, -0.2) is 0 Å². The summed E-state index contributed by atoms with van der Waals surface area (Å²) in [7, 11) is 0. The van der Waals surface area contributed by atoms with Gasteiger partial charge in [0, 0.05) is 13.1 Å². The molecule has 0 radical (unpaired) electrons. The van der Waals surface area contributed by atoms with E-state index in [1.54, 1.807) is 24.4 Å². The minimum atomic E-state index is -0.890. The van der Waals surface area contributed by atoms with Crippen LogP contribution in [0.25, 0.3) is 0 Å². The molecule has 1 saturated heterocycles. The monoisotopic (exact) mass is 282 g/mol. The lowest BCUT2D eigenvalue weighted by atomic mass is 9.99. The van der Waals surface area contributed by atoms with E-state index in [4.69, 9.17) is 5.11 Å². The third-order valence-corrected chi connectivity index (χ3v) is 3.87. The van der Waals surface area contributed by atoms with Crippen LogP contribution in [0, 0.1) is 5.92 Å². The molecule has 1 unspecified atom stereocenters. The zero-order chi connectivity index (χ0) is 14.0. The number of nitrogens with one attached hydrogen (secondary N) is 1. The van der Waals surface area contributed by atoms with Gasteiger partial charge in [-0.3, -0.25) is 14.4 Å². The highest BCUT2D eigenvalue weighted by Gasteiger charge is 2.37. The first-order valence-corrected chi connectivity index (χ1v) is 6.73. The molecule has 1 aromatic heterocycles. The highest BCUT2D eigenvalue weighted by Crippen LogP contribution is 2.17. The summed E-state index contributed by atoms with van der Waals surface area (Å²) in [5, 5.41) is 13.1. The lowest BCUT2D eigenvalue weighted by molar-refractivity contribution is -0.153. The number of carboxylic acids is 1. The minimum Gasteiger partial charge on any atom is -0.481 e. The first-order valence-electron chi connectivity index (χ1n) is 5.85. The maximum absolute atomic E-state index is 11.9. The zero-order valence-corrected chi connectivity index (χ0v) is 11.1. The SMILES string of the molecule is CC(NC(=O)c1cccs1)C(=O)N1CC(C(=O)O)C1. The van der Waals surface area contributed by atoms with Crippen molar-refractivity contribution in [2.24, 2.45) is 5.92 Å². The summed E-state index contributed by atoms with van der Waals surface area (Å²) in [5.74, 6) is -1.91. The van der Waals surface area contributed by atoms with Gasteiger partial charge in [0.15, 0.2) is 0 Å². The zero-order valence-electron chi connectivity index (χ0n) is 10.3. The van der Waals surface area contributed by atoms with Crippen molar-refractivity contribution < 1.29 is 19.5 Å². The quantitative estimate of drug-likeness (QED) is 0.837. The Morgan fingerprint density at radius 1 is 1.47 bits per heavy atom. The smallest absolute Gasteiger partial charge is 0.310 e. The molecule has 1 aliphatic heterocycles. The molecule has 0 bridgehead atoms. The second kappa shape index (κ2) is 5.40. The number of carbonyl (C=O) groups excluding carboxylic acids is 2. The first-order chi connectivity index (χ1) is 8.99. The summed E-state index contributed by atoms with van der Waals surface area (Å²) in [6, 6.07) is 2.80. The van der Waals surface area contributed by atoms with Gasteiger partial charge in [0.25, 0.3) is 5.91 Å². The van der Waals surface area contributed by atoms with E-state index in [1.807, 2.05) is 0 Å². The number of thiophene rings is 1. The minimum absolute atomic E-state index is 0.216. The van der Waals surface area contributed by atoms with Gasteiger partial charge in [0.05, 0.1) is 10.8 Å².